The highest BCUT2D eigenvalue weighted by Gasteiger charge is 2.21. The minimum Gasteiger partial charge on any atom is -0.493 e. The molecular formula is C23H24N2O6S. The van der Waals surface area contributed by atoms with Crippen molar-refractivity contribution in [1.82, 2.24) is 4.98 Å². The summed E-state index contributed by atoms with van der Waals surface area (Å²) in [6.07, 6.45) is -1.06. The second-order valence-electron chi connectivity index (χ2n) is 6.74. The van der Waals surface area contributed by atoms with Crippen molar-refractivity contribution in [2.24, 2.45) is 0 Å². The predicted molar refractivity (Wildman–Crippen MR) is 122 cm³/mol. The van der Waals surface area contributed by atoms with Crippen LogP contribution in [0.1, 0.15) is 12.5 Å². The average molecular weight is 457 g/mol. The average Bonchev–Trinajstić information content (AvgIpc) is 3.27. The van der Waals surface area contributed by atoms with E-state index in [1.807, 2.05) is 35.7 Å². The number of thiazole rings is 1. The van der Waals surface area contributed by atoms with E-state index in [9.17, 15) is 9.59 Å². The number of carbonyl (C=O) groups excluding carboxylic acids is 2. The van der Waals surface area contributed by atoms with Gasteiger partial charge in [-0.05, 0) is 24.6 Å². The fourth-order valence-electron chi connectivity index (χ4n) is 2.98. The third-order valence-corrected chi connectivity index (χ3v) is 5.31. The van der Waals surface area contributed by atoms with Crippen LogP contribution in [0, 0.1) is 0 Å². The molecule has 1 aromatic heterocycles. The van der Waals surface area contributed by atoms with E-state index in [0.717, 1.165) is 11.3 Å². The number of esters is 1. The van der Waals surface area contributed by atoms with Gasteiger partial charge in [0.15, 0.2) is 22.7 Å². The molecule has 0 saturated heterocycles. The number of nitrogens with zero attached hydrogens (tertiary/aromatic N) is 1. The Morgan fingerprint density at radius 2 is 1.69 bits per heavy atom. The van der Waals surface area contributed by atoms with Crippen LogP contribution in [0.3, 0.4) is 0 Å². The number of rotatable bonds is 9. The number of carbonyl (C=O) groups is 2. The summed E-state index contributed by atoms with van der Waals surface area (Å²) >= 11 is 1.30. The van der Waals surface area contributed by atoms with Crippen LogP contribution in [-0.2, 0) is 20.7 Å². The van der Waals surface area contributed by atoms with Crippen molar-refractivity contribution in [2.75, 3.05) is 26.6 Å². The van der Waals surface area contributed by atoms with E-state index in [4.69, 9.17) is 18.9 Å². The molecule has 1 atom stereocenters. The molecule has 1 heterocycles. The quantitative estimate of drug-likeness (QED) is 0.487. The first-order valence-corrected chi connectivity index (χ1v) is 10.6. The summed E-state index contributed by atoms with van der Waals surface area (Å²) in [7, 11) is 4.49. The second kappa shape index (κ2) is 10.6. The van der Waals surface area contributed by atoms with Gasteiger partial charge in [-0.15, -0.1) is 11.3 Å². The Kier molecular flexibility index (Phi) is 7.67. The lowest BCUT2D eigenvalue weighted by molar-refractivity contribution is -0.152. The van der Waals surface area contributed by atoms with Crippen molar-refractivity contribution >= 4 is 28.3 Å². The Morgan fingerprint density at radius 3 is 2.28 bits per heavy atom. The summed E-state index contributed by atoms with van der Waals surface area (Å²) in [5.41, 5.74) is 2.32. The number of aromatic nitrogens is 1. The van der Waals surface area contributed by atoms with Gasteiger partial charge >= 0.3 is 5.97 Å². The molecule has 0 aliphatic rings. The van der Waals surface area contributed by atoms with Gasteiger partial charge in [-0.25, -0.2) is 4.98 Å². The molecule has 0 radical (unpaired) electrons. The number of hydrogen-bond acceptors (Lipinski definition) is 8. The maximum absolute atomic E-state index is 12.5. The monoisotopic (exact) mass is 456 g/mol. The number of ether oxygens (including phenoxy) is 4. The predicted octanol–water partition coefficient (Wildman–Crippen LogP) is 3.95. The Bertz CT molecular complexity index is 1060. The van der Waals surface area contributed by atoms with Gasteiger partial charge in [0.1, 0.15) is 0 Å². The first kappa shape index (κ1) is 23.1. The van der Waals surface area contributed by atoms with E-state index in [0.29, 0.717) is 27.9 Å². The normalized spacial score (nSPS) is 11.4. The van der Waals surface area contributed by atoms with Crippen LogP contribution in [0.4, 0.5) is 5.13 Å². The molecule has 0 unspecified atom stereocenters. The minimum atomic E-state index is -0.992. The number of nitrogens with one attached hydrogen (secondary N) is 1. The molecule has 1 N–H and O–H groups in total. The molecule has 168 valence electrons. The highest BCUT2D eigenvalue weighted by atomic mass is 32.1. The molecule has 3 aromatic rings. The maximum Gasteiger partial charge on any atom is 0.311 e. The van der Waals surface area contributed by atoms with E-state index in [1.165, 1.54) is 39.6 Å². The molecule has 0 aliphatic carbocycles. The molecule has 0 aliphatic heterocycles. The third kappa shape index (κ3) is 5.55. The van der Waals surface area contributed by atoms with E-state index in [-0.39, 0.29) is 6.42 Å². The van der Waals surface area contributed by atoms with Crippen LogP contribution >= 0.6 is 11.3 Å². The van der Waals surface area contributed by atoms with Crippen molar-refractivity contribution in [3.05, 3.63) is 53.4 Å². The molecule has 0 saturated carbocycles. The molecule has 1 amide bonds. The van der Waals surface area contributed by atoms with Gasteiger partial charge in [0.05, 0.1) is 33.4 Å². The lowest BCUT2D eigenvalue weighted by atomic mass is 10.1. The van der Waals surface area contributed by atoms with Crippen LogP contribution in [0.5, 0.6) is 17.2 Å². The minimum absolute atomic E-state index is 0.0657. The molecule has 32 heavy (non-hydrogen) atoms. The van der Waals surface area contributed by atoms with Crippen LogP contribution in [0.15, 0.2) is 47.8 Å². The van der Waals surface area contributed by atoms with Crippen LogP contribution in [0.25, 0.3) is 11.3 Å². The molecule has 0 spiro atoms. The van der Waals surface area contributed by atoms with Gasteiger partial charge in [-0.1, -0.05) is 30.3 Å². The summed E-state index contributed by atoms with van der Waals surface area (Å²) in [5, 5.41) is 4.97. The van der Waals surface area contributed by atoms with Gasteiger partial charge in [0.25, 0.3) is 5.91 Å². The smallest absolute Gasteiger partial charge is 0.311 e. The number of benzene rings is 2. The molecule has 0 fully saturated rings. The van der Waals surface area contributed by atoms with Crippen molar-refractivity contribution in [3.8, 4) is 28.5 Å². The lowest BCUT2D eigenvalue weighted by Gasteiger charge is -2.15. The largest absolute Gasteiger partial charge is 0.493 e. The second-order valence-corrected chi connectivity index (χ2v) is 7.59. The van der Waals surface area contributed by atoms with Gasteiger partial charge in [0.2, 0.25) is 5.75 Å². The SMILES string of the molecule is COc1cc(CC(=O)O[C@@H](C)C(=O)Nc2nc(-c3ccccc3)cs2)cc(OC)c1OC. The zero-order chi connectivity index (χ0) is 23.1. The first-order chi connectivity index (χ1) is 15.4. The van der Waals surface area contributed by atoms with Crippen molar-refractivity contribution in [2.45, 2.75) is 19.4 Å². The molecule has 2 aromatic carbocycles. The van der Waals surface area contributed by atoms with E-state index >= 15 is 0 Å². The maximum atomic E-state index is 12.5. The number of anilines is 1. The highest BCUT2D eigenvalue weighted by Crippen LogP contribution is 2.38. The Labute approximate surface area is 190 Å². The molecule has 8 nitrogen and oxygen atoms in total. The fraction of sp³-hybridized carbons (Fsp3) is 0.261. The zero-order valence-electron chi connectivity index (χ0n) is 18.2. The van der Waals surface area contributed by atoms with Gasteiger partial charge < -0.3 is 18.9 Å². The summed E-state index contributed by atoms with van der Waals surface area (Å²) in [6, 6.07) is 13.0. The van der Waals surface area contributed by atoms with E-state index < -0.39 is 18.0 Å². The van der Waals surface area contributed by atoms with Crippen LogP contribution < -0.4 is 19.5 Å². The molecular weight excluding hydrogens is 432 g/mol. The van der Waals surface area contributed by atoms with Gasteiger partial charge in [0, 0.05) is 10.9 Å². The number of methoxy groups -OCH3 is 3. The summed E-state index contributed by atoms with van der Waals surface area (Å²) in [6.45, 7) is 1.51. The lowest BCUT2D eigenvalue weighted by Crippen LogP contribution is -2.30. The summed E-state index contributed by atoms with van der Waals surface area (Å²) in [5.74, 6) is 0.262. The number of amides is 1. The van der Waals surface area contributed by atoms with Crippen molar-refractivity contribution in [1.29, 1.82) is 0 Å². The van der Waals surface area contributed by atoms with Crippen molar-refractivity contribution in [3.63, 3.8) is 0 Å². The van der Waals surface area contributed by atoms with Gasteiger partial charge in [-0.3, -0.25) is 14.9 Å². The molecule has 9 heteroatoms. The molecule has 0 bridgehead atoms. The van der Waals surface area contributed by atoms with E-state index in [1.54, 1.807) is 12.1 Å². The van der Waals surface area contributed by atoms with Crippen LogP contribution in [-0.4, -0.2) is 44.3 Å². The Morgan fingerprint density at radius 1 is 1.03 bits per heavy atom. The Hall–Kier alpha value is -3.59. The summed E-state index contributed by atoms with van der Waals surface area (Å²) < 4.78 is 21.2. The van der Waals surface area contributed by atoms with Gasteiger partial charge in [-0.2, -0.15) is 0 Å². The topological polar surface area (TPSA) is 96.0 Å². The zero-order valence-corrected chi connectivity index (χ0v) is 19.0. The molecule has 3 rings (SSSR count). The van der Waals surface area contributed by atoms with Crippen molar-refractivity contribution < 1.29 is 28.5 Å². The fourth-order valence-corrected chi connectivity index (χ4v) is 3.70. The Balaban J connectivity index is 1.60. The van der Waals surface area contributed by atoms with Crippen LogP contribution in [0.2, 0.25) is 0 Å². The number of hydrogen-bond donors (Lipinski definition) is 1. The standard InChI is InChI=1S/C23H24N2O6S/c1-14(22(27)25-23-24-17(13-32-23)16-8-6-5-7-9-16)31-20(26)12-15-10-18(28-2)21(30-4)19(11-15)29-3/h5-11,13-14H,12H2,1-4H3,(H,24,25,27)/t14-/m0/s1. The summed E-state index contributed by atoms with van der Waals surface area (Å²) in [4.78, 5) is 29.3. The highest BCUT2D eigenvalue weighted by molar-refractivity contribution is 7.14. The van der Waals surface area contributed by atoms with E-state index in [2.05, 4.69) is 10.3 Å². The first-order valence-electron chi connectivity index (χ1n) is 9.75. The third-order valence-electron chi connectivity index (χ3n) is 4.55.